The average Bonchev–Trinajstić information content (AvgIpc) is 2.70. The van der Waals surface area contributed by atoms with E-state index in [1.165, 1.54) is 44.3 Å². The molecule has 2 saturated heterocycles. The molecular weight excluding hydrogens is 198 g/mol. The Bertz CT molecular complexity index is 245. The lowest BCUT2D eigenvalue weighted by Crippen LogP contribution is -2.42. The fourth-order valence-electron chi connectivity index (χ4n) is 3.02. The van der Waals surface area contributed by atoms with Gasteiger partial charge >= 0.3 is 0 Å². The molecule has 2 fully saturated rings. The van der Waals surface area contributed by atoms with Gasteiger partial charge in [0.15, 0.2) is 0 Å². The van der Waals surface area contributed by atoms with Crippen LogP contribution in [0.25, 0.3) is 0 Å². The third-order valence-corrected chi connectivity index (χ3v) is 4.01. The first kappa shape index (κ1) is 12.1. The van der Waals surface area contributed by atoms with Crippen molar-refractivity contribution in [2.45, 2.75) is 51.7 Å². The molecule has 3 atom stereocenters. The van der Waals surface area contributed by atoms with E-state index in [2.05, 4.69) is 25.3 Å². The normalized spacial score (nSPS) is 36.5. The van der Waals surface area contributed by atoms with Crippen LogP contribution in [0.15, 0.2) is 12.2 Å². The molecular formula is C14H25NO. The quantitative estimate of drug-likeness (QED) is 0.682. The van der Waals surface area contributed by atoms with Gasteiger partial charge in [0.1, 0.15) is 0 Å². The molecule has 0 saturated carbocycles. The highest BCUT2D eigenvalue weighted by Crippen LogP contribution is 2.30. The maximum atomic E-state index is 6.12. The molecule has 0 radical (unpaired) electrons. The number of nitrogens with zero attached hydrogens (tertiary/aromatic N) is 1. The highest BCUT2D eigenvalue weighted by molar-refractivity contribution is 5.02. The zero-order chi connectivity index (χ0) is 11.5. The molecule has 0 spiro atoms. The monoisotopic (exact) mass is 223 g/mol. The summed E-state index contributed by atoms with van der Waals surface area (Å²) in [4.78, 5) is 2.55. The molecule has 16 heavy (non-hydrogen) atoms. The van der Waals surface area contributed by atoms with Crippen molar-refractivity contribution in [1.82, 2.24) is 4.90 Å². The van der Waals surface area contributed by atoms with Gasteiger partial charge in [0.25, 0.3) is 0 Å². The summed E-state index contributed by atoms with van der Waals surface area (Å²) < 4.78 is 6.12. The van der Waals surface area contributed by atoms with Gasteiger partial charge in [0.05, 0.1) is 12.2 Å². The topological polar surface area (TPSA) is 12.5 Å². The Hall–Kier alpha value is -0.340. The third-order valence-electron chi connectivity index (χ3n) is 4.01. The van der Waals surface area contributed by atoms with Crippen molar-refractivity contribution in [1.29, 1.82) is 0 Å². The van der Waals surface area contributed by atoms with Gasteiger partial charge in [-0.2, -0.15) is 0 Å². The van der Waals surface area contributed by atoms with E-state index in [1.807, 2.05) is 0 Å². The predicted molar refractivity (Wildman–Crippen MR) is 67.5 cm³/mol. The second kappa shape index (κ2) is 5.33. The lowest BCUT2D eigenvalue weighted by atomic mass is 9.86. The van der Waals surface area contributed by atoms with Crippen LogP contribution >= 0.6 is 0 Å². The molecule has 2 rings (SSSR count). The molecule has 0 aromatic heterocycles. The lowest BCUT2D eigenvalue weighted by molar-refractivity contribution is -0.0757. The first-order chi connectivity index (χ1) is 7.66. The molecule has 0 aromatic rings. The molecule has 2 aliphatic heterocycles. The van der Waals surface area contributed by atoms with E-state index in [4.69, 9.17) is 4.74 Å². The zero-order valence-electron chi connectivity index (χ0n) is 10.7. The summed E-state index contributed by atoms with van der Waals surface area (Å²) in [6.07, 6.45) is 5.99. The third kappa shape index (κ3) is 2.86. The smallest absolute Gasteiger partial charge is 0.0770 e. The maximum absolute atomic E-state index is 6.12. The number of rotatable bonds is 3. The van der Waals surface area contributed by atoms with Crippen LogP contribution < -0.4 is 0 Å². The van der Waals surface area contributed by atoms with E-state index in [0.29, 0.717) is 18.1 Å². The Balaban J connectivity index is 1.93. The summed E-state index contributed by atoms with van der Waals surface area (Å²) in [5.74, 6) is 0.580. The van der Waals surface area contributed by atoms with Crippen molar-refractivity contribution in [3.8, 4) is 0 Å². The molecule has 2 heteroatoms. The minimum atomic E-state index is 0.388. The Morgan fingerprint density at radius 3 is 2.62 bits per heavy atom. The highest BCUT2D eigenvalue weighted by Gasteiger charge is 2.31. The van der Waals surface area contributed by atoms with Crippen molar-refractivity contribution < 1.29 is 4.74 Å². The Labute approximate surface area is 99.7 Å². The van der Waals surface area contributed by atoms with E-state index in [1.54, 1.807) is 0 Å². The summed E-state index contributed by atoms with van der Waals surface area (Å²) in [5, 5.41) is 0. The van der Waals surface area contributed by atoms with E-state index in [9.17, 15) is 0 Å². The van der Waals surface area contributed by atoms with Crippen LogP contribution in [0.1, 0.15) is 39.5 Å². The van der Waals surface area contributed by atoms with E-state index in [-0.39, 0.29) is 0 Å². The number of likely N-dealkylation sites (tertiary alicyclic amines) is 1. The molecule has 0 aromatic carbocycles. The fraction of sp³-hybridized carbons (Fsp3) is 0.857. The van der Waals surface area contributed by atoms with Gasteiger partial charge < -0.3 is 9.64 Å². The summed E-state index contributed by atoms with van der Waals surface area (Å²) in [6, 6.07) is 0. The molecule has 0 unspecified atom stereocenters. The van der Waals surface area contributed by atoms with Crippen LogP contribution in [0.2, 0.25) is 0 Å². The number of hydrogen-bond acceptors (Lipinski definition) is 2. The molecule has 0 aliphatic carbocycles. The second-order valence-corrected chi connectivity index (χ2v) is 5.52. The largest absolute Gasteiger partial charge is 0.373 e. The molecule has 92 valence electrons. The molecule has 0 bridgehead atoms. The standard InChI is InChI=1S/C14H25NO/c1-11(2)13-7-6-12(3)16-14(13)10-15-8-4-5-9-15/h12-14H,1,4-10H2,2-3H3/t12-,13-,14-/m0/s1. The minimum Gasteiger partial charge on any atom is -0.373 e. The van der Waals surface area contributed by atoms with E-state index < -0.39 is 0 Å². The second-order valence-electron chi connectivity index (χ2n) is 5.52. The first-order valence-corrected chi connectivity index (χ1v) is 6.70. The summed E-state index contributed by atoms with van der Waals surface area (Å²) in [7, 11) is 0. The fourth-order valence-corrected chi connectivity index (χ4v) is 3.02. The summed E-state index contributed by atoms with van der Waals surface area (Å²) in [6.45, 7) is 12.1. The van der Waals surface area contributed by atoms with Gasteiger partial charge in [-0.25, -0.2) is 0 Å². The summed E-state index contributed by atoms with van der Waals surface area (Å²) >= 11 is 0. The van der Waals surface area contributed by atoms with Crippen LogP contribution in [0.5, 0.6) is 0 Å². The lowest BCUT2D eigenvalue weighted by Gasteiger charge is -2.37. The number of ether oxygens (including phenoxy) is 1. The van der Waals surface area contributed by atoms with Crippen LogP contribution in [0, 0.1) is 5.92 Å². The van der Waals surface area contributed by atoms with Crippen molar-refractivity contribution in [2.75, 3.05) is 19.6 Å². The molecule has 2 nitrogen and oxygen atoms in total. The number of hydrogen-bond donors (Lipinski definition) is 0. The SMILES string of the molecule is C=C(C)[C@@H]1CC[C@H](C)O[C@H]1CN1CCCC1. The van der Waals surface area contributed by atoms with Gasteiger partial charge in [0.2, 0.25) is 0 Å². The van der Waals surface area contributed by atoms with Gasteiger partial charge in [-0.05, 0) is 52.6 Å². The zero-order valence-corrected chi connectivity index (χ0v) is 10.7. The highest BCUT2D eigenvalue weighted by atomic mass is 16.5. The van der Waals surface area contributed by atoms with Gasteiger partial charge in [-0.1, -0.05) is 12.2 Å². The molecule has 0 N–H and O–H groups in total. The van der Waals surface area contributed by atoms with Crippen LogP contribution in [-0.4, -0.2) is 36.7 Å². The van der Waals surface area contributed by atoms with E-state index in [0.717, 1.165) is 6.54 Å². The van der Waals surface area contributed by atoms with Crippen molar-refractivity contribution in [3.63, 3.8) is 0 Å². The Kier molecular flexibility index (Phi) is 4.04. The van der Waals surface area contributed by atoms with E-state index >= 15 is 0 Å². The van der Waals surface area contributed by atoms with Crippen molar-refractivity contribution >= 4 is 0 Å². The minimum absolute atomic E-state index is 0.388. The molecule has 2 aliphatic rings. The van der Waals surface area contributed by atoms with Gasteiger partial charge in [-0.3, -0.25) is 0 Å². The van der Waals surface area contributed by atoms with Gasteiger partial charge in [-0.15, -0.1) is 0 Å². The van der Waals surface area contributed by atoms with Gasteiger partial charge in [0, 0.05) is 12.5 Å². The Morgan fingerprint density at radius 2 is 2.00 bits per heavy atom. The van der Waals surface area contributed by atoms with Crippen LogP contribution in [-0.2, 0) is 4.74 Å². The van der Waals surface area contributed by atoms with Crippen molar-refractivity contribution in [2.24, 2.45) is 5.92 Å². The first-order valence-electron chi connectivity index (χ1n) is 6.70. The molecule has 0 amide bonds. The summed E-state index contributed by atoms with van der Waals surface area (Å²) in [5.41, 5.74) is 1.30. The average molecular weight is 223 g/mol. The predicted octanol–water partition coefficient (Wildman–Crippen LogP) is 2.84. The molecule has 2 heterocycles. The van der Waals surface area contributed by atoms with Crippen molar-refractivity contribution in [3.05, 3.63) is 12.2 Å². The maximum Gasteiger partial charge on any atom is 0.0770 e. The van der Waals surface area contributed by atoms with Crippen LogP contribution in [0.3, 0.4) is 0 Å². The Morgan fingerprint density at radius 1 is 1.31 bits per heavy atom. The van der Waals surface area contributed by atoms with Crippen LogP contribution in [0.4, 0.5) is 0 Å².